The fourth-order valence-corrected chi connectivity index (χ4v) is 8.67. The van der Waals surface area contributed by atoms with Crippen LogP contribution in [0.2, 0.25) is 0 Å². The van der Waals surface area contributed by atoms with Crippen molar-refractivity contribution in [1.29, 1.82) is 0 Å². The van der Waals surface area contributed by atoms with Gasteiger partial charge in [-0.25, -0.2) is 0 Å². The van der Waals surface area contributed by atoms with Crippen molar-refractivity contribution in [1.82, 2.24) is 0 Å². The molecule has 4 rings (SSSR count). The summed E-state index contributed by atoms with van der Waals surface area (Å²) in [4.78, 5) is 0. The molecule has 1 heteroatoms. The van der Waals surface area contributed by atoms with E-state index in [0.29, 0.717) is 10.8 Å². The van der Waals surface area contributed by atoms with E-state index in [2.05, 4.69) is 40.7 Å². The van der Waals surface area contributed by atoms with E-state index in [9.17, 15) is 5.11 Å². The molecule has 0 spiro atoms. The average molecular weight is 387 g/mol. The van der Waals surface area contributed by atoms with E-state index in [1.807, 2.05) is 0 Å². The molecule has 8 atom stereocenters. The summed E-state index contributed by atoms with van der Waals surface area (Å²) in [5.74, 6) is 5.46. The molecule has 4 aliphatic carbocycles. The first-order chi connectivity index (χ1) is 13.3. The molecule has 3 unspecified atom stereocenters. The lowest BCUT2D eigenvalue weighted by molar-refractivity contribution is -0.0573. The third kappa shape index (κ3) is 3.42. The molecule has 0 aromatic carbocycles. The van der Waals surface area contributed by atoms with E-state index in [1.165, 1.54) is 57.8 Å². The highest BCUT2D eigenvalue weighted by molar-refractivity contribution is 5.25. The van der Waals surface area contributed by atoms with Crippen molar-refractivity contribution < 1.29 is 5.11 Å². The number of aliphatic hydroxyl groups excluding tert-OH is 1. The lowest BCUT2D eigenvalue weighted by Gasteiger charge is -2.58. The van der Waals surface area contributed by atoms with Gasteiger partial charge in [0.1, 0.15) is 0 Å². The smallest absolute Gasteiger partial charge is 0.0577 e. The molecule has 0 saturated heterocycles. The maximum Gasteiger partial charge on any atom is 0.0577 e. The molecular weight excluding hydrogens is 340 g/mol. The third-order valence-electron chi connectivity index (χ3n) is 10.3. The Kier molecular flexibility index (Phi) is 5.80. The standard InChI is InChI=1S/C27H46O/c1-18(2)7-6-8-19(3)23-11-12-24-22-10-9-20-17-21(28)13-15-26(20,4)25(22)14-16-27(23,24)5/h9,18-19,21-25,28H,6-8,10-17H2,1-5H3/t19-,21?,22?,23?,24+,25+,26+,27-/m1/s1. The molecule has 1 nitrogen and oxygen atoms in total. The number of rotatable bonds is 5. The average Bonchev–Trinajstić information content (AvgIpc) is 2.99. The summed E-state index contributed by atoms with van der Waals surface area (Å²) in [6, 6.07) is 0. The molecule has 0 aromatic rings. The molecule has 0 radical (unpaired) electrons. The van der Waals surface area contributed by atoms with Crippen LogP contribution in [0.5, 0.6) is 0 Å². The van der Waals surface area contributed by atoms with Crippen molar-refractivity contribution in [2.24, 2.45) is 46.3 Å². The minimum absolute atomic E-state index is 0.0766. The molecule has 3 saturated carbocycles. The Balaban J connectivity index is 1.49. The van der Waals surface area contributed by atoms with Crippen LogP contribution < -0.4 is 0 Å². The second-order valence-electron chi connectivity index (χ2n) is 12.2. The SMILES string of the molecule is CC(C)CCC[C@@H](C)C1CC[C@H]2C3CC=C4CC(O)CC[C@]4(C)[C@H]3CC[C@]12C. The summed E-state index contributed by atoms with van der Waals surface area (Å²) < 4.78 is 0. The second kappa shape index (κ2) is 7.75. The van der Waals surface area contributed by atoms with Crippen LogP contribution in [0, 0.1) is 46.3 Å². The molecule has 0 bridgehead atoms. The molecule has 0 aromatic heterocycles. The van der Waals surface area contributed by atoms with E-state index in [0.717, 1.165) is 48.3 Å². The van der Waals surface area contributed by atoms with Gasteiger partial charge in [0.2, 0.25) is 0 Å². The van der Waals surface area contributed by atoms with Gasteiger partial charge < -0.3 is 5.11 Å². The van der Waals surface area contributed by atoms with E-state index in [-0.39, 0.29) is 6.10 Å². The number of hydrogen-bond acceptors (Lipinski definition) is 1. The van der Waals surface area contributed by atoms with Gasteiger partial charge in [0.25, 0.3) is 0 Å². The predicted octanol–water partition coefficient (Wildman–Crippen LogP) is 7.39. The van der Waals surface area contributed by atoms with Crippen LogP contribution in [-0.2, 0) is 0 Å². The quantitative estimate of drug-likeness (QED) is 0.488. The van der Waals surface area contributed by atoms with Crippen LogP contribution in [0.3, 0.4) is 0 Å². The Bertz CT molecular complexity index is 591. The molecule has 3 fully saturated rings. The van der Waals surface area contributed by atoms with E-state index in [4.69, 9.17) is 0 Å². The fourth-order valence-electron chi connectivity index (χ4n) is 8.67. The molecule has 28 heavy (non-hydrogen) atoms. The van der Waals surface area contributed by atoms with Gasteiger partial charge >= 0.3 is 0 Å². The van der Waals surface area contributed by atoms with Crippen molar-refractivity contribution >= 4 is 0 Å². The van der Waals surface area contributed by atoms with Gasteiger partial charge in [0.05, 0.1) is 6.10 Å². The highest BCUT2D eigenvalue weighted by atomic mass is 16.3. The van der Waals surface area contributed by atoms with Crippen LogP contribution >= 0.6 is 0 Å². The summed E-state index contributed by atoms with van der Waals surface area (Å²) >= 11 is 0. The highest BCUT2D eigenvalue weighted by Crippen LogP contribution is 2.67. The normalized spacial score (nSPS) is 46.5. The van der Waals surface area contributed by atoms with Crippen LogP contribution in [0.15, 0.2) is 11.6 Å². The first-order valence-corrected chi connectivity index (χ1v) is 12.6. The zero-order chi connectivity index (χ0) is 20.1. The zero-order valence-corrected chi connectivity index (χ0v) is 19.3. The van der Waals surface area contributed by atoms with E-state index < -0.39 is 0 Å². The van der Waals surface area contributed by atoms with Gasteiger partial charge in [-0.1, -0.05) is 65.5 Å². The molecule has 0 aliphatic heterocycles. The second-order valence-corrected chi connectivity index (χ2v) is 12.2. The first-order valence-electron chi connectivity index (χ1n) is 12.6. The van der Waals surface area contributed by atoms with Crippen LogP contribution in [0.25, 0.3) is 0 Å². The molecule has 0 amide bonds. The van der Waals surface area contributed by atoms with Gasteiger partial charge in [-0.15, -0.1) is 0 Å². The summed E-state index contributed by atoms with van der Waals surface area (Å²) in [6.45, 7) is 12.6. The Labute approximate surface area is 174 Å². The maximum absolute atomic E-state index is 10.2. The minimum Gasteiger partial charge on any atom is -0.393 e. The molecule has 160 valence electrons. The lowest BCUT2D eigenvalue weighted by atomic mass is 9.47. The van der Waals surface area contributed by atoms with Crippen LogP contribution in [0.4, 0.5) is 0 Å². The molecule has 4 aliphatic rings. The minimum atomic E-state index is -0.0766. The number of fused-ring (bicyclic) bond motifs is 5. The molecule has 0 heterocycles. The number of aliphatic hydroxyl groups is 1. The van der Waals surface area contributed by atoms with E-state index >= 15 is 0 Å². The summed E-state index contributed by atoms with van der Waals surface area (Å²) in [5, 5.41) is 10.2. The van der Waals surface area contributed by atoms with E-state index in [1.54, 1.807) is 5.57 Å². The third-order valence-corrected chi connectivity index (χ3v) is 10.3. The predicted molar refractivity (Wildman–Crippen MR) is 119 cm³/mol. The van der Waals surface area contributed by atoms with Crippen molar-refractivity contribution in [3.05, 3.63) is 11.6 Å². The Morgan fingerprint density at radius 2 is 1.79 bits per heavy atom. The first kappa shape index (κ1) is 21.0. The number of hydrogen-bond donors (Lipinski definition) is 1. The fraction of sp³-hybridized carbons (Fsp3) is 0.926. The maximum atomic E-state index is 10.2. The summed E-state index contributed by atoms with van der Waals surface area (Å²) in [6.07, 6.45) is 17.2. The Morgan fingerprint density at radius 1 is 1.00 bits per heavy atom. The van der Waals surface area contributed by atoms with Gasteiger partial charge in [-0.2, -0.15) is 0 Å². The number of allylic oxidation sites excluding steroid dienone is 1. The zero-order valence-electron chi connectivity index (χ0n) is 19.3. The van der Waals surface area contributed by atoms with Gasteiger partial charge in [0, 0.05) is 0 Å². The summed E-state index contributed by atoms with van der Waals surface area (Å²) in [7, 11) is 0. The van der Waals surface area contributed by atoms with Gasteiger partial charge in [-0.3, -0.25) is 0 Å². The van der Waals surface area contributed by atoms with Crippen molar-refractivity contribution in [2.75, 3.05) is 0 Å². The van der Waals surface area contributed by atoms with Crippen molar-refractivity contribution in [3.63, 3.8) is 0 Å². The monoisotopic (exact) mass is 386 g/mol. The largest absolute Gasteiger partial charge is 0.393 e. The van der Waals surface area contributed by atoms with Gasteiger partial charge in [0.15, 0.2) is 0 Å². The highest BCUT2D eigenvalue weighted by Gasteiger charge is 2.59. The summed E-state index contributed by atoms with van der Waals surface area (Å²) in [5.41, 5.74) is 2.60. The Hall–Kier alpha value is -0.300. The van der Waals surface area contributed by atoms with Crippen LogP contribution in [0.1, 0.15) is 105 Å². The topological polar surface area (TPSA) is 20.2 Å². The van der Waals surface area contributed by atoms with Gasteiger partial charge in [-0.05, 0) is 97.7 Å². The van der Waals surface area contributed by atoms with Crippen molar-refractivity contribution in [3.8, 4) is 0 Å². The van der Waals surface area contributed by atoms with Crippen molar-refractivity contribution in [2.45, 2.75) is 111 Å². The van der Waals surface area contributed by atoms with Crippen LogP contribution in [-0.4, -0.2) is 11.2 Å². The lowest BCUT2D eigenvalue weighted by Crippen LogP contribution is -2.50. The Morgan fingerprint density at radius 3 is 2.54 bits per heavy atom. The molecule has 1 N–H and O–H groups in total. The molecular formula is C27H46O.